The standard InChI is InChI=1S/C16H12F6N2OS/c1-2-6-24-13(25)8-12(16(20,21)22)23-14(24)26-9-10-4-3-5-11(7-10)15(17,18)19/h2-5,7-8H,1,6,9H2. The Balaban J connectivity index is 2.35. The first-order valence-electron chi connectivity index (χ1n) is 7.11. The zero-order valence-corrected chi connectivity index (χ0v) is 13.9. The Morgan fingerprint density at radius 2 is 1.81 bits per heavy atom. The first-order valence-corrected chi connectivity index (χ1v) is 8.10. The molecule has 0 amide bonds. The predicted octanol–water partition coefficient (Wildman–Crippen LogP) is 4.76. The van der Waals surface area contributed by atoms with E-state index in [1.165, 1.54) is 18.2 Å². The van der Waals surface area contributed by atoms with Crippen LogP contribution in [0.4, 0.5) is 26.3 Å². The summed E-state index contributed by atoms with van der Waals surface area (Å²) in [5.74, 6) is -0.0885. The van der Waals surface area contributed by atoms with E-state index < -0.39 is 29.2 Å². The molecular formula is C16H12F6N2OS. The van der Waals surface area contributed by atoms with Crippen molar-refractivity contribution < 1.29 is 26.3 Å². The number of hydrogen-bond donors (Lipinski definition) is 0. The van der Waals surface area contributed by atoms with E-state index in [-0.39, 0.29) is 23.0 Å². The molecule has 0 fully saturated rings. The summed E-state index contributed by atoms with van der Waals surface area (Å²) in [6.07, 6.45) is -8.03. The first kappa shape index (κ1) is 20.1. The van der Waals surface area contributed by atoms with Crippen LogP contribution >= 0.6 is 11.8 Å². The third-order valence-electron chi connectivity index (χ3n) is 3.20. The van der Waals surface area contributed by atoms with Gasteiger partial charge in [-0.2, -0.15) is 26.3 Å². The minimum Gasteiger partial charge on any atom is -0.284 e. The third-order valence-corrected chi connectivity index (χ3v) is 4.25. The second-order valence-electron chi connectivity index (χ2n) is 5.15. The van der Waals surface area contributed by atoms with Gasteiger partial charge in [-0.05, 0) is 11.6 Å². The molecule has 1 aromatic carbocycles. The van der Waals surface area contributed by atoms with E-state index in [4.69, 9.17) is 0 Å². The van der Waals surface area contributed by atoms with Crippen molar-refractivity contribution >= 4 is 11.8 Å². The van der Waals surface area contributed by atoms with E-state index in [2.05, 4.69) is 11.6 Å². The molecule has 26 heavy (non-hydrogen) atoms. The van der Waals surface area contributed by atoms with Crippen molar-refractivity contribution in [2.45, 2.75) is 29.8 Å². The van der Waals surface area contributed by atoms with E-state index in [0.717, 1.165) is 28.5 Å². The summed E-state index contributed by atoms with van der Waals surface area (Å²) >= 11 is 0.741. The quantitative estimate of drug-likeness (QED) is 0.318. The average Bonchev–Trinajstić information content (AvgIpc) is 2.54. The van der Waals surface area contributed by atoms with Crippen LogP contribution in [-0.4, -0.2) is 9.55 Å². The van der Waals surface area contributed by atoms with Crippen molar-refractivity contribution in [3.05, 3.63) is 70.2 Å². The summed E-state index contributed by atoms with van der Waals surface area (Å²) < 4.78 is 77.7. The van der Waals surface area contributed by atoms with Crippen molar-refractivity contribution in [3.63, 3.8) is 0 Å². The molecule has 140 valence electrons. The highest BCUT2D eigenvalue weighted by Gasteiger charge is 2.34. The molecule has 2 aromatic rings. The molecular weight excluding hydrogens is 382 g/mol. The van der Waals surface area contributed by atoms with E-state index in [1.807, 2.05) is 0 Å². The molecule has 0 aliphatic carbocycles. The summed E-state index contributed by atoms with van der Waals surface area (Å²) in [5.41, 5.74) is -2.90. The molecule has 0 aliphatic heterocycles. The zero-order chi connectivity index (χ0) is 19.5. The molecule has 2 rings (SSSR count). The van der Waals surface area contributed by atoms with Gasteiger partial charge < -0.3 is 0 Å². The Labute approximate surface area is 148 Å². The molecule has 0 bridgehead atoms. The van der Waals surface area contributed by atoms with E-state index in [0.29, 0.717) is 6.07 Å². The number of benzene rings is 1. The fourth-order valence-corrected chi connectivity index (χ4v) is 2.98. The summed E-state index contributed by atoms with van der Waals surface area (Å²) in [6.45, 7) is 3.35. The number of thioether (sulfide) groups is 1. The maximum atomic E-state index is 12.8. The van der Waals surface area contributed by atoms with Gasteiger partial charge in [0.15, 0.2) is 10.9 Å². The van der Waals surface area contributed by atoms with Crippen LogP contribution in [0.15, 0.2) is 52.9 Å². The molecule has 10 heteroatoms. The average molecular weight is 394 g/mol. The van der Waals surface area contributed by atoms with Gasteiger partial charge in [0.05, 0.1) is 5.56 Å². The van der Waals surface area contributed by atoms with Crippen LogP contribution in [0.5, 0.6) is 0 Å². The van der Waals surface area contributed by atoms with Gasteiger partial charge in [-0.3, -0.25) is 9.36 Å². The molecule has 0 spiro atoms. The van der Waals surface area contributed by atoms with Crippen molar-refractivity contribution in [1.82, 2.24) is 9.55 Å². The highest BCUT2D eigenvalue weighted by Crippen LogP contribution is 2.32. The number of halogens is 6. The maximum absolute atomic E-state index is 12.8. The Hall–Kier alpha value is -2.23. The van der Waals surface area contributed by atoms with Crippen LogP contribution in [0.25, 0.3) is 0 Å². The van der Waals surface area contributed by atoms with Gasteiger partial charge in [0, 0.05) is 18.4 Å². The van der Waals surface area contributed by atoms with Crippen LogP contribution in [-0.2, 0) is 24.7 Å². The lowest BCUT2D eigenvalue weighted by atomic mass is 10.1. The first-order chi connectivity index (χ1) is 12.0. The minimum atomic E-state index is -4.81. The predicted molar refractivity (Wildman–Crippen MR) is 84.7 cm³/mol. The Morgan fingerprint density at radius 3 is 2.38 bits per heavy atom. The highest BCUT2D eigenvalue weighted by atomic mass is 32.2. The van der Waals surface area contributed by atoms with Gasteiger partial charge in [-0.25, -0.2) is 4.98 Å². The van der Waals surface area contributed by atoms with Crippen LogP contribution in [0.3, 0.4) is 0 Å². The molecule has 1 heterocycles. The molecule has 0 N–H and O–H groups in total. The maximum Gasteiger partial charge on any atom is 0.433 e. The normalized spacial score (nSPS) is 12.2. The lowest BCUT2D eigenvalue weighted by Gasteiger charge is -2.13. The third kappa shape index (κ3) is 4.90. The van der Waals surface area contributed by atoms with Crippen LogP contribution < -0.4 is 5.56 Å². The van der Waals surface area contributed by atoms with Crippen molar-refractivity contribution in [1.29, 1.82) is 0 Å². The number of rotatable bonds is 5. The van der Waals surface area contributed by atoms with Gasteiger partial charge >= 0.3 is 12.4 Å². The number of hydrogen-bond acceptors (Lipinski definition) is 3. The van der Waals surface area contributed by atoms with E-state index >= 15 is 0 Å². The number of aromatic nitrogens is 2. The number of allylic oxidation sites excluding steroid dienone is 1. The summed E-state index contributed by atoms with van der Waals surface area (Å²) in [6, 6.07) is 4.78. The van der Waals surface area contributed by atoms with Crippen molar-refractivity contribution in [2.24, 2.45) is 0 Å². The SMILES string of the molecule is C=CCn1c(SCc2cccc(C(F)(F)F)c2)nc(C(F)(F)F)cc1=O. The summed E-state index contributed by atoms with van der Waals surface area (Å²) in [5, 5.41) is -0.248. The molecule has 1 aromatic heterocycles. The lowest BCUT2D eigenvalue weighted by Crippen LogP contribution is -2.25. The second kappa shape index (κ2) is 7.56. The van der Waals surface area contributed by atoms with Gasteiger partial charge in [-0.15, -0.1) is 6.58 Å². The van der Waals surface area contributed by atoms with Gasteiger partial charge in [0.25, 0.3) is 5.56 Å². The monoisotopic (exact) mass is 394 g/mol. The molecule has 0 saturated carbocycles. The largest absolute Gasteiger partial charge is 0.433 e. The van der Waals surface area contributed by atoms with Crippen LogP contribution in [0, 0.1) is 0 Å². The molecule has 0 saturated heterocycles. The lowest BCUT2D eigenvalue weighted by molar-refractivity contribution is -0.142. The fraction of sp³-hybridized carbons (Fsp3) is 0.250. The second-order valence-corrected chi connectivity index (χ2v) is 6.09. The Bertz CT molecular complexity index is 857. The van der Waals surface area contributed by atoms with Gasteiger partial charge in [0.1, 0.15) is 0 Å². The zero-order valence-electron chi connectivity index (χ0n) is 13.1. The topological polar surface area (TPSA) is 34.9 Å². The van der Waals surface area contributed by atoms with Crippen molar-refractivity contribution in [3.8, 4) is 0 Å². The Kier molecular flexibility index (Phi) is 5.84. The fourth-order valence-electron chi connectivity index (χ4n) is 2.02. The number of alkyl halides is 6. The minimum absolute atomic E-state index is 0.0745. The smallest absolute Gasteiger partial charge is 0.284 e. The molecule has 0 unspecified atom stereocenters. The Morgan fingerprint density at radius 1 is 1.12 bits per heavy atom. The molecule has 0 aliphatic rings. The van der Waals surface area contributed by atoms with E-state index in [9.17, 15) is 31.1 Å². The van der Waals surface area contributed by atoms with E-state index in [1.54, 1.807) is 0 Å². The van der Waals surface area contributed by atoms with Gasteiger partial charge in [0.2, 0.25) is 0 Å². The summed E-state index contributed by atoms with van der Waals surface area (Å²) in [4.78, 5) is 15.3. The van der Waals surface area contributed by atoms with Gasteiger partial charge in [-0.1, -0.05) is 36.0 Å². The molecule has 0 atom stereocenters. The summed E-state index contributed by atoms with van der Waals surface area (Å²) in [7, 11) is 0. The molecule has 3 nitrogen and oxygen atoms in total. The molecule has 0 radical (unpaired) electrons. The van der Waals surface area contributed by atoms with Crippen LogP contribution in [0.1, 0.15) is 16.8 Å². The van der Waals surface area contributed by atoms with Crippen LogP contribution in [0.2, 0.25) is 0 Å². The number of nitrogens with zero attached hydrogens (tertiary/aromatic N) is 2. The highest BCUT2D eigenvalue weighted by molar-refractivity contribution is 7.98. The van der Waals surface area contributed by atoms with Crippen molar-refractivity contribution in [2.75, 3.05) is 0 Å².